The summed E-state index contributed by atoms with van der Waals surface area (Å²) in [7, 11) is 0. The first-order valence-corrected chi connectivity index (χ1v) is 6.25. The van der Waals surface area contributed by atoms with Crippen LogP contribution in [0.1, 0.15) is 12.0 Å². The van der Waals surface area contributed by atoms with Crippen molar-refractivity contribution in [3.63, 3.8) is 0 Å². The van der Waals surface area contributed by atoms with Gasteiger partial charge in [0.25, 0.3) is 0 Å². The molecule has 8 heteroatoms. The molecular weight excluding hydrogens is 336 g/mol. The Labute approximate surface area is 114 Å². The van der Waals surface area contributed by atoms with Gasteiger partial charge in [-0.2, -0.15) is 13.2 Å². The molecule has 1 aliphatic heterocycles. The van der Waals surface area contributed by atoms with E-state index in [1.54, 1.807) is 0 Å². The third-order valence-electron chi connectivity index (χ3n) is 2.48. The molecule has 1 fully saturated rings. The summed E-state index contributed by atoms with van der Waals surface area (Å²) in [5, 5.41) is -0.181. The SMILES string of the molecule is O=C1CC(Br)CN1c1ncc(C(F)(F)F)cc1Cl. The number of aromatic nitrogens is 1. The van der Waals surface area contributed by atoms with Gasteiger partial charge in [0.1, 0.15) is 0 Å². The zero-order valence-corrected chi connectivity index (χ0v) is 11.2. The van der Waals surface area contributed by atoms with Gasteiger partial charge in [-0.05, 0) is 6.07 Å². The summed E-state index contributed by atoms with van der Waals surface area (Å²) in [4.78, 5) is 16.5. The molecule has 1 unspecified atom stereocenters. The van der Waals surface area contributed by atoms with Gasteiger partial charge in [-0.25, -0.2) is 4.98 Å². The smallest absolute Gasteiger partial charge is 0.294 e. The van der Waals surface area contributed by atoms with E-state index in [2.05, 4.69) is 20.9 Å². The van der Waals surface area contributed by atoms with Gasteiger partial charge in [0.15, 0.2) is 5.82 Å². The number of anilines is 1. The van der Waals surface area contributed by atoms with E-state index in [-0.39, 0.29) is 28.0 Å². The van der Waals surface area contributed by atoms with Gasteiger partial charge in [-0.3, -0.25) is 9.69 Å². The molecule has 2 rings (SSSR count). The van der Waals surface area contributed by atoms with Crippen molar-refractivity contribution in [2.75, 3.05) is 11.4 Å². The molecule has 1 aromatic heterocycles. The van der Waals surface area contributed by atoms with Gasteiger partial charge in [0.2, 0.25) is 5.91 Å². The molecule has 0 aromatic carbocycles. The van der Waals surface area contributed by atoms with E-state index >= 15 is 0 Å². The standard InChI is InChI=1S/C10H7BrClF3N2O/c11-6-2-8(18)17(4-6)9-7(12)1-5(3-16-9)10(13,14)15/h1,3,6H,2,4H2. The lowest BCUT2D eigenvalue weighted by Crippen LogP contribution is -2.26. The molecule has 0 saturated carbocycles. The molecule has 98 valence electrons. The number of alkyl halides is 4. The maximum atomic E-state index is 12.4. The Morgan fingerprint density at radius 2 is 2.17 bits per heavy atom. The van der Waals surface area contributed by atoms with E-state index in [4.69, 9.17) is 11.6 Å². The fourth-order valence-corrected chi connectivity index (χ4v) is 2.49. The molecular formula is C10H7BrClF3N2O. The van der Waals surface area contributed by atoms with Gasteiger partial charge in [-0.15, -0.1) is 0 Å². The van der Waals surface area contributed by atoms with Crippen LogP contribution in [0.5, 0.6) is 0 Å². The molecule has 0 spiro atoms. The summed E-state index contributed by atoms with van der Waals surface area (Å²) in [6.45, 7) is 0.344. The van der Waals surface area contributed by atoms with Crippen LogP contribution >= 0.6 is 27.5 Å². The summed E-state index contributed by atoms with van der Waals surface area (Å²) in [6, 6.07) is 0.777. The summed E-state index contributed by atoms with van der Waals surface area (Å²) in [6.07, 6.45) is -3.54. The van der Waals surface area contributed by atoms with Gasteiger partial charge < -0.3 is 0 Å². The highest BCUT2D eigenvalue weighted by atomic mass is 79.9. The predicted octanol–water partition coefficient (Wildman–Crippen LogP) is 3.25. The fourth-order valence-electron chi connectivity index (χ4n) is 1.65. The van der Waals surface area contributed by atoms with Crippen molar-refractivity contribution in [1.82, 2.24) is 4.98 Å². The second-order valence-corrected chi connectivity index (χ2v) is 5.54. The van der Waals surface area contributed by atoms with Gasteiger partial charge in [-0.1, -0.05) is 27.5 Å². The summed E-state index contributed by atoms with van der Waals surface area (Å²) < 4.78 is 37.3. The van der Waals surface area contributed by atoms with E-state index in [0.717, 1.165) is 6.07 Å². The molecule has 0 bridgehead atoms. The first-order valence-electron chi connectivity index (χ1n) is 4.96. The normalized spacial score (nSPS) is 20.6. The topological polar surface area (TPSA) is 33.2 Å². The minimum atomic E-state index is -4.50. The third kappa shape index (κ3) is 2.61. The number of hydrogen-bond donors (Lipinski definition) is 0. The van der Waals surface area contributed by atoms with Crippen molar-refractivity contribution in [2.24, 2.45) is 0 Å². The Hall–Kier alpha value is -0.820. The minimum absolute atomic E-state index is 0.0369. The van der Waals surface area contributed by atoms with Gasteiger partial charge in [0.05, 0.1) is 10.6 Å². The van der Waals surface area contributed by atoms with Crippen LogP contribution in [0.3, 0.4) is 0 Å². The number of nitrogens with zero attached hydrogens (tertiary/aromatic N) is 2. The van der Waals surface area contributed by atoms with Crippen LogP contribution in [0, 0.1) is 0 Å². The van der Waals surface area contributed by atoms with Crippen molar-refractivity contribution >= 4 is 39.3 Å². The van der Waals surface area contributed by atoms with Gasteiger partial charge in [0, 0.05) is 24.0 Å². The molecule has 1 saturated heterocycles. The third-order valence-corrected chi connectivity index (χ3v) is 3.37. The Morgan fingerprint density at radius 1 is 1.50 bits per heavy atom. The lowest BCUT2D eigenvalue weighted by molar-refractivity contribution is -0.137. The minimum Gasteiger partial charge on any atom is -0.294 e. The van der Waals surface area contributed by atoms with Crippen LogP contribution in [0.15, 0.2) is 12.3 Å². The van der Waals surface area contributed by atoms with Crippen LogP contribution < -0.4 is 4.90 Å². The van der Waals surface area contributed by atoms with Crippen molar-refractivity contribution < 1.29 is 18.0 Å². The van der Waals surface area contributed by atoms with Crippen molar-refractivity contribution in [2.45, 2.75) is 17.4 Å². The molecule has 2 heterocycles. The maximum absolute atomic E-state index is 12.4. The first kappa shape index (κ1) is 13.6. The Balaban J connectivity index is 2.34. The Bertz CT molecular complexity index is 495. The molecule has 3 nitrogen and oxygen atoms in total. The van der Waals surface area contributed by atoms with Crippen LogP contribution in [0.4, 0.5) is 19.0 Å². The van der Waals surface area contributed by atoms with Crippen molar-refractivity contribution in [3.8, 4) is 0 Å². The van der Waals surface area contributed by atoms with Crippen LogP contribution in [-0.2, 0) is 11.0 Å². The van der Waals surface area contributed by atoms with Crippen LogP contribution in [0.2, 0.25) is 5.02 Å². The second-order valence-electron chi connectivity index (χ2n) is 3.83. The monoisotopic (exact) mass is 342 g/mol. The van der Waals surface area contributed by atoms with Crippen LogP contribution in [-0.4, -0.2) is 22.3 Å². The van der Waals surface area contributed by atoms with E-state index < -0.39 is 11.7 Å². The number of rotatable bonds is 1. The molecule has 1 atom stereocenters. The fraction of sp³-hybridized carbons (Fsp3) is 0.400. The molecule has 1 aromatic rings. The highest BCUT2D eigenvalue weighted by molar-refractivity contribution is 9.09. The number of carbonyl (C=O) groups excluding carboxylic acids is 1. The molecule has 0 radical (unpaired) electrons. The molecule has 18 heavy (non-hydrogen) atoms. The summed E-state index contributed by atoms with van der Waals surface area (Å²) >= 11 is 9.03. The van der Waals surface area contributed by atoms with E-state index in [1.165, 1.54) is 4.90 Å². The molecule has 0 N–H and O–H groups in total. The van der Waals surface area contributed by atoms with Crippen LogP contribution in [0.25, 0.3) is 0 Å². The highest BCUT2D eigenvalue weighted by Crippen LogP contribution is 2.35. The summed E-state index contributed by atoms with van der Waals surface area (Å²) in [5.74, 6) is -0.150. The van der Waals surface area contributed by atoms with Crippen molar-refractivity contribution in [1.29, 1.82) is 0 Å². The summed E-state index contributed by atoms with van der Waals surface area (Å²) in [5.41, 5.74) is -0.932. The quantitative estimate of drug-likeness (QED) is 0.733. The molecule has 1 aliphatic rings. The average Bonchev–Trinajstić information content (AvgIpc) is 2.56. The zero-order valence-electron chi connectivity index (χ0n) is 8.84. The predicted molar refractivity (Wildman–Crippen MR) is 63.9 cm³/mol. The Morgan fingerprint density at radius 3 is 2.61 bits per heavy atom. The second kappa shape index (κ2) is 4.70. The van der Waals surface area contributed by atoms with E-state index in [9.17, 15) is 18.0 Å². The number of carbonyl (C=O) groups is 1. The van der Waals surface area contributed by atoms with E-state index in [1.807, 2.05) is 0 Å². The lowest BCUT2D eigenvalue weighted by atomic mass is 10.2. The first-order chi connectivity index (χ1) is 8.29. The van der Waals surface area contributed by atoms with Crippen molar-refractivity contribution in [3.05, 3.63) is 22.8 Å². The van der Waals surface area contributed by atoms with Gasteiger partial charge >= 0.3 is 6.18 Å². The number of pyridine rings is 1. The number of amides is 1. The lowest BCUT2D eigenvalue weighted by Gasteiger charge is -2.17. The maximum Gasteiger partial charge on any atom is 0.417 e. The van der Waals surface area contributed by atoms with E-state index in [0.29, 0.717) is 12.7 Å². The number of halogens is 5. The molecule has 1 amide bonds. The largest absolute Gasteiger partial charge is 0.417 e. The average molecular weight is 344 g/mol. The zero-order chi connectivity index (χ0) is 13.5. The highest BCUT2D eigenvalue weighted by Gasteiger charge is 2.34. The number of hydrogen-bond acceptors (Lipinski definition) is 2. The molecule has 0 aliphatic carbocycles. The Kier molecular flexibility index (Phi) is 3.55.